The monoisotopic (exact) mass is 368 g/mol. The van der Waals surface area contributed by atoms with Crippen LogP contribution in [0.15, 0.2) is 30.5 Å². The van der Waals surface area contributed by atoms with Crippen LogP contribution >= 0.6 is 0 Å². The van der Waals surface area contributed by atoms with Gasteiger partial charge in [0.1, 0.15) is 0 Å². The van der Waals surface area contributed by atoms with E-state index >= 15 is 0 Å². The molecular formula is C18H20N6O3. The number of amides is 3. The number of nitrogens with zero attached hydrogens (tertiary/aromatic N) is 4. The normalized spacial score (nSPS) is 17.3. The van der Waals surface area contributed by atoms with Gasteiger partial charge in [0.05, 0.1) is 23.4 Å². The van der Waals surface area contributed by atoms with E-state index in [0.717, 1.165) is 30.8 Å². The van der Waals surface area contributed by atoms with Gasteiger partial charge in [-0.25, -0.2) is 4.68 Å². The fourth-order valence-corrected chi connectivity index (χ4v) is 3.44. The first-order valence-corrected chi connectivity index (χ1v) is 9.01. The fourth-order valence-electron chi connectivity index (χ4n) is 3.44. The van der Waals surface area contributed by atoms with E-state index in [1.165, 1.54) is 0 Å². The molecule has 27 heavy (non-hydrogen) atoms. The van der Waals surface area contributed by atoms with Crippen molar-refractivity contribution in [3.8, 4) is 0 Å². The number of carbonyl (C=O) groups is 3. The second-order valence-corrected chi connectivity index (χ2v) is 6.63. The zero-order valence-corrected chi connectivity index (χ0v) is 14.7. The molecule has 1 saturated heterocycles. The van der Waals surface area contributed by atoms with Crippen LogP contribution in [0, 0.1) is 0 Å². The lowest BCUT2D eigenvalue weighted by Gasteiger charge is -2.22. The van der Waals surface area contributed by atoms with Crippen LogP contribution in [0.25, 0.3) is 0 Å². The van der Waals surface area contributed by atoms with Gasteiger partial charge in [-0.1, -0.05) is 17.3 Å². The number of imide groups is 1. The molecule has 1 fully saturated rings. The van der Waals surface area contributed by atoms with Gasteiger partial charge in [-0.3, -0.25) is 19.3 Å². The highest BCUT2D eigenvalue weighted by Gasteiger charge is 2.34. The molecule has 3 heterocycles. The van der Waals surface area contributed by atoms with E-state index < -0.39 is 0 Å². The highest BCUT2D eigenvalue weighted by Crippen LogP contribution is 2.21. The van der Waals surface area contributed by atoms with E-state index in [4.69, 9.17) is 0 Å². The first-order valence-electron chi connectivity index (χ1n) is 9.01. The number of aromatic nitrogens is 3. The second-order valence-electron chi connectivity index (χ2n) is 6.63. The van der Waals surface area contributed by atoms with Crippen molar-refractivity contribution in [1.29, 1.82) is 0 Å². The fraction of sp³-hybridized carbons (Fsp3) is 0.389. The van der Waals surface area contributed by atoms with Gasteiger partial charge >= 0.3 is 0 Å². The van der Waals surface area contributed by atoms with E-state index in [1.54, 1.807) is 35.1 Å². The smallest absolute Gasteiger partial charge is 0.273 e. The van der Waals surface area contributed by atoms with Crippen LogP contribution in [0.5, 0.6) is 0 Å². The lowest BCUT2D eigenvalue weighted by Crippen LogP contribution is -2.38. The lowest BCUT2D eigenvalue weighted by atomic mass is 10.1. The molecule has 0 unspecified atom stereocenters. The molecule has 0 bridgehead atoms. The number of rotatable bonds is 5. The Morgan fingerprint density at radius 2 is 1.81 bits per heavy atom. The molecule has 0 radical (unpaired) electrons. The van der Waals surface area contributed by atoms with Gasteiger partial charge in [-0.2, -0.15) is 0 Å². The van der Waals surface area contributed by atoms with E-state index in [-0.39, 0.29) is 42.5 Å². The average molecular weight is 368 g/mol. The van der Waals surface area contributed by atoms with E-state index in [0.29, 0.717) is 11.1 Å². The molecule has 0 saturated carbocycles. The summed E-state index contributed by atoms with van der Waals surface area (Å²) in [4.78, 5) is 38.0. The van der Waals surface area contributed by atoms with Crippen LogP contribution in [0.4, 0.5) is 0 Å². The van der Waals surface area contributed by atoms with Crippen molar-refractivity contribution < 1.29 is 14.4 Å². The van der Waals surface area contributed by atoms with Gasteiger partial charge in [0.25, 0.3) is 17.7 Å². The third-order valence-corrected chi connectivity index (χ3v) is 4.92. The summed E-state index contributed by atoms with van der Waals surface area (Å²) in [5, 5.41) is 14.0. The van der Waals surface area contributed by atoms with Crippen molar-refractivity contribution in [3.63, 3.8) is 0 Å². The first kappa shape index (κ1) is 17.3. The standard InChI is InChI=1S/C18H20N6O3/c25-16(15-11-24(22-21-15)12-5-7-19-8-6-12)20-9-10-23-17(26)13-3-1-2-4-14(13)18(23)27/h1-4,11-12,19H,5-10H2,(H,20,25). The minimum Gasteiger partial charge on any atom is -0.349 e. The van der Waals surface area contributed by atoms with Crippen molar-refractivity contribution in [3.05, 3.63) is 47.3 Å². The third kappa shape index (κ3) is 3.33. The molecule has 2 aliphatic rings. The van der Waals surface area contributed by atoms with Gasteiger partial charge < -0.3 is 10.6 Å². The van der Waals surface area contributed by atoms with Crippen LogP contribution in [-0.4, -0.2) is 63.8 Å². The molecule has 2 aromatic rings. The van der Waals surface area contributed by atoms with Crippen LogP contribution in [0.3, 0.4) is 0 Å². The zero-order valence-electron chi connectivity index (χ0n) is 14.7. The maximum absolute atomic E-state index is 12.3. The van der Waals surface area contributed by atoms with Gasteiger partial charge in [-0.05, 0) is 38.1 Å². The molecule has 140 valence electrons. The molecule has 4 rings (SSSR count). The van der Waals surface area contributed by atoms with Crippen molar-refractivity contribution in [2.75, 3.05) is 26.2 Å². The van der Waals surface area contributed by atoms with Crippen LogP contribution < -0.4 is 10.6 Å². The Bertz CT molecular complexity index is 852. The summed E-state index contributed by atoms with van der Waals surface area (Å²) < 4.78 is 1.74. The molecule has 0 atom stereocenters. The van der Waals surface area contributed by atoms with E-state index in [1.807, 2.05) is 0 Å². The summed E-state index contributed by atoms with van der Waals surface area (Å²) in [5.74, 6) is -1.03. The largest absolute Gasteiger partial charge is 0.349 e. The number of benzene rings is 1. The maximum Gasteiger partial charge on any atom is 0.273 e. The minimum absolute atomic E-state index is 0.112. The number of hydrogen-bond acceptors (Lipinski definition) is 6. The molecule has 0 spiro atoms. The summed E-state index contributed by atoms with van der Waals surface area (Å²) in [5.41, 5.74) is 1.04. The van der Waals surface area contributed by atoms with Crippen molar-refractivity contribution in [1.82, 2.24) is 30.5 Å². The number of carbonyl (C=O) groups excluding carboxylic acids is 3. The Kier molecular flexibility index (Phi) is 4.68. The summed E-state index contributed by atoms with van der Waals surface area (Å²) in [6.07, 6.45) is 3.54. The maximum atomic E-state index is 12.3. The van der Waals surface area contributed by atoms with Gasteiger partial charge in [-0.15, -0.1) is 5.10 Å². The van der Waals surface area contributed by atoms with Gasteiger partial charge in [0.2, 0.25) is 0 Å². The first-order chi connectivity index (χ1) is 13.1. The third-order valence-electron chi connectivity index (χ3n) is 4.92. The Hall–Kier alpha value is -3.07. The molecule has 3 amide bonds. The number of hydrogen-bond donors (Lipinski definition) is 2. The predicted octanol–water partition coefficient (Wildman–Crippen LogP) is 0.229. The molecule has 1 aromatic heterocycles. The summed E-state index contributed by atoms with van der Waals surface area (Å²) in [6.45, 7) is 2.11. The van der Waals surface area contributed by atoms with Crippen molar-refractivity contribution >= 4 is 17.7 Å². The molecule has 1 aromatic carbocycles. The molecule has 9 nitrogen and oxygen atoms in total. The quantitative estimate of drug-likeness (QED) is 0.731. The number of nitrogens with one attached hydrogen (secondary N) is 2. The molecule has 9 heteroatoms. The Morgan fingerprint density at radius 3 is 2.48 bits per heavy atom. The summed E-state index contributed by atoms with van der Waals surface area (Å²) >= 11 is 0. The topological polar surface area (TPSA) is 109 Å². The SMILES string of the molecule is O=C(NCCN1C(=O)c2ccccc2C1=O)c1cn(C2CCNCC2)nn1. The van der Waals surface area contributed by atoms with Crippen LogP contribution in [0.1, 0.15) is 50.1 Å². The predicted molar refractivity (Wildman–Crippen MR) is 95.3 cm³/mol. The number of piperidine rings is 1. The highest BCUT2D eigenvalue weighted by molar-refractivity contribution is 6.21. The van der Waals surface area contributed by atoms with E-state index in [9.17, 15) is 14.4 Å². The van der Waals surface area contributed by atoms with Gasteiger partial charge in [0, 0.05) is 13.1 Å². The Labute approximate surface area is 155 Å². The van der Waals surface area contributed by atoms with Gasteiger partial charge in [0.15, 0.2) is 5.69 Å². The van der Waals surface area contributed by atoms with Crippen LogP contribution in [0.2, 0.25) is 0 Å². The lowest BCUT2D eigenvalue weighted by molar-refractivity contribution is 0.0649. The summed E-state index contributed by atoms with van der Waals surface area (Å²) in [7, 11) is 0. The molecule has 2 aliphatic heterocycles. The zero-order chi connectivity index (χ0) is 18.8. The highest BCUT2D eigenvalue weighted by atomic mass is 16.2. The molecule has 0 aliphatic carbocycles. The number of fused-ring (bicyclic) bond motifs is 1. The second kappa shape index (κ2) is 7.28. The Morgan fingerprint density at radius 1 is 1.15 bits per heavy atom. The summed E-state index contributed by atoms with van der Waals surface area (Å²) in [6, 6.07) is 6.96. The Balaban J connectivity index is 1.32. The van der Waals surface area contributed by atoms with E-state index in [2.05, 4.69) is 20.9 Å². The van der Waals surface area contributed by atoms with Crippen molar-refractivity contribution in [2.45, 2.75) is 18.9 Å². The molecule has 2 N–H and O–H groups in total. The minimum atomic E-state index is -0.369. The van der Waals surface area contributed by atoms with Crippen LogP contribution in [-0.2, 0) is 0 Å². The van der Waals surface area contributed by atoms with Crippen molar-refractivity contribution in [2.24, 2.45) is 0 Å². The average Bonchev–Trinajstić information content (AvgIpc) is 3.29. The molecular weight excluding hydrogens is 348 g/mol.